The van der Waals surface area contributed by atoms with E-state index in [9.17, 15) is 13.6 Å². The second-order valence-corrected chi connectivity index (χ2v) is 6.45. The lowest BCUT2D eigenvalue weighted by Gasteiger charge is -2.44. The van der Waals surface area contributed by atoms with Gasteiger partial charge in [0.2, 0.25) is 0 Å². The van der Waals surface area contributed by atoms with E-state index >= 15 is 0 Å². The van der Waals surface area contributed by atoms with E-state index in [4.69, 9.17) is 0 Å². The van der Waals surface area contributed by atoms with Crippen molar-refractivity contribution >= 4 is 5.91 Å². The average Bonchev–Trinajstić information content (AvgIpc) is 2.51. The minimum absolute atomic E-state index is 0.144. The van der Waals surface area contributed by atoms with Crippen LogP contribution in [0.25, 0.3) is 0 Å². The van der Waals surface area contributed by atoms with Gasteiger partial charge in [0.1, 0.15) is 0 Å². The summed E-state index contributed by atoms with van der Waals surface area (Å²) >= 11 is 0. The first kappa shape index (κ1) is 14.5. The predicted molar refractivity (Wildman–Crippen MR) is 77.0 cm³/mol. The largest absolute Gasteiger partial charge is 0.339 e. The van der Waals surface area contributed by atoms with E-state index in [0.717, 1.165) is 18.9 Å². The van der Waals surface area contributed by atoms with E-state index < -0.39 is 11.6 Å². The Bertz CT molecular complexity index is 528. The maximum absolute atomic E-state index is 13.7. The highest BCUT2D eigenvalue weighted by Gasteiger charge is 2.37. The molecular formula is C17H21F2NO. The van der Waals surface area contributed by atoms with Crippen LogP contribution in [-0.4, -0.2) is 23.9 Å². The molecule has 1 aliphatic carbocycles. The van der Waals surface area contributed by atoms with Gasteiger partial charge in [-0.25, -0.2) is 8.78 Å². The van der Waals surface area contributed by atoms with Gasteiger partial charge in [0, 0.05) is 13.1 Å². The lowest BCUT2D eigenvalue weighted by molar-refractivity contribution is 0.0467. The fourth-order valence-electron chi connectivity index (χ4n) is 3.83. The standard InChI is InChI=1S/C17H21F2NO/c18-14-6-4-5-13(15(14)19)16(21)20-11-9-17(10-12-20)7-2-1-3-8-17/h4-6H,1-3,7-12H2. The van der Waals surface area contributed by atoms with Crippen molar-refractivity contribution in [1.82, 2.24) is 4.90 Å². The number of nitrogens with zero attached hydrogens (tertiary/aromatic N) is 1. The number of amides is 1. The van der Waals surface area contributed by atoms with Gasteiger partial charge < -0.3 is 4.90 Å². The summed E-state index contributed by atoms with van der Waals surface area (Å²) in [6.07, 6.45) is 8.38. The molecule has 2 nitrogen and oxygen atoms in total. The van der Waals surface area contributed by atoms with Crippen LogP contribution in [0, 0.1) is 17.0 Å². The molecule has 1 heterocycles. The fourth-order valence-corrected chi connectivity index (χ4v) is 3.83. The van der Waals surface area contributed by atoms with Crippen molar-refractivity contribution in [2.24, 2.45) is 5.41 Å². The van der Waals surface area contributed by atoms with E-state index in [0.29, 0.717) is 18.5 Å². The average molecular weight is 293 g/mol. The third kappa shape index (κ3) is 2.81. The molecule has 1 amide bonds. The Kier molecular flexibility index (Phi) is 3.96. The monoisotopic (exact) mass is 293 g/mol. The van der Waals surface area contributed by atoms with Crippen molar-refractivity contribution in [3.05, 3.63) is 35.4 Å². The zero-order valence-electron chi connectivity index (χ0n) is 12.2. The van der Waals surface area contributed by atoms with Crippen molar-refractivity contribution < 1.29 is 13.6 Å². The zero-order valence-corrected chi connectivity index (χ0v) is 12.2. The van der Waals surface area contributed by atoms with Crippen LogP contribution in [0.15, 0.2) is 18.2 Å². The molecule has 0 radical (unpaired) electrons. The summed E-state index contributed by atoms with van der Waals surface area (Å²) in [7, 11) is 0. The Morgan fingerprint density at radius 3 is 2.33 bits per heavy atom. The summed E-state index contributed by atoms with van der Waals surface area (Å²) in [5.74, 6) is -2.36. The molecule has 1 saturated carbocycles. The molecule has 1 aromatic carbocycles. The van der Waals surface area contributed by atoms with Crippen LogP contribution in [0.3, 0.4) is 0 Å². The van der Waals surface area contributed by atoms with Crippen molar-refractivity contribution in [3.63, 3.8) is 0 Å². The van der Waals surface area contributed by atoms with Crippen LogP contribution in [0.2, 0.25) is 0 Å². The second kappa shape index (κ2) is 5.74. The Morgan fingerprint density at radius 2 is 1.67 bits per heavy atom. The van der Waals surface area contributed by atoms with Crippen LogP contribution in [-0.2, 0) is 0 Å². The molecule has 2 aliphatic rings. The van der Waals surface area contributed by atoms with E-state index in [1.807, 2.05) is 0 Å². The Hall–Kier alpha value is -1.45. The van der Waals surface area contributed by atoms with Gasteiger partial charge >= 0.3 is 0 Å². The van der Waals surface area contributed by atoms with Gasteiger partial charge in [0.05, 0.1) is 5.56 Å². The number of halogens is 2. The van der Waals surface area contributed by atoms with Gasteiger partial charge in [-0.05, 0) is 43.2 Å². The molecule has 2 fully saturated rings. The summed E-state index contributed by atoms with van der Waals surface area (Å²) in [6, 6.07) is 3.79. The second-order valence-electron chi connectivity index (χ2n) is 6.45. The maximum atomic E-state index is 13.7. The van der Waals surface area contributed by atoms with Crippen LogP contribution in [0.4, 0.5) is 8.78 Å². The molecule has 0 N–H and O–H groups in total. The minimum Gasteiger partial charge on any atom is -0.339 e. The fraction of sp³-hybridized carbons (Fsp3) is 0.588. The van der Waals surface area contributed by atoms with Gasteiger partial charge in [-0.3, -0.25) is 4.79 Å². The number of rotatable bonds is 1. The summed E-state index contributed by atoms with van der Waals surface area (Å²) in [6.45, 7) is 1.32. The number of carbonyl (C=O) groups excluding carboxylic acids is 1. The predicted octanol–water partition coefficient (Wildman–Crippen LogP) is 4.15. The summed E-state index contributed by atoms with van der Waals surface area (Å²) < 4.78 is 27.0. The van der Waals surface area contributed by atoms with Gasteiger partial charge in [-0.15, -0.1) is 0 Å². The summed E-state index contributed by atoms with van der Waals surface area (Å²) in [5, 5.41) is 0. The quantitative estimate of drug-likeness (QED) is 0.761. The van der Waals surface area contributed by atoms with E-state index in [2.05, 4.69) is 0 Å². The topological polar surface area (TPSA) is 20.3 Å². The molecule has 0 bridgehead atoms. The first-order chi connectivity index (χ1) is 10.1. The molecule has 3 rings (SSSR count). The molecule has 114 valence electrons. The molecule has 1 aliphatic heterocycles. The maximum Gasteiger partial charge on any atom is 0.256 e. The number of likely N-dealkylation sites (tertiary alicyclic amines) is 1. The van der Waals surface area contributed by atoms with Crippen molar-refractivity contribution in [2.45, 2.75) is 44.9 Å². The molecule has 1 spiro atoms. The van der Waals surface area contributed by atoms with Crippen LogP contribution in [0.5, 0.6) is 0 Å². The normalized spacial score (nSPS) is 21.5. The minimum atomic E-state index is -1.03. The highest BCUT2D eigenvalue weighted by Crippen LogP contribution is 2.44. The van der Waals surface area contributed by atoms with Crippen LogP contribution < -0.4 is 0 Å². The number of piperidine rings is 1. The van der Waals surface area contributed by atoms with Crippen molar-refractivity contribution in [1.29, 1.82) is 0 Å². The van der Waals surface area contributed by atoms with Gasteiger partial charge in [0.25, 0.3) is 5.91 Å². The Balaban J connectivity index is 1.69. The third-order valence-corrected chi connectivity index (χ3v) is 5.21. The van der Waals surface area contributed by atoms with Crippen molar-refractivity contribution in [2.75, 3.05) is 13.1 Å². The first-order valence-corrected chi connectivity index (χ1v) is 7.85. The van der Waals surface area contributed by atoms with Crippen LogP contribution in [0.1, 0.15) is 55.3 Å². The first-order valence-electron chi connectivity index (χ1n) is 7.85. The van der Waals surface area contributed by atoms with Crippen LogP contribution >= 0.6 is 0 Å². The Labute approximate surface area is 124 Å². The molecule has 1 saturated heterocycles. The lowest BCUT2D eigenvalue weighted by Crippen LogP contribution is -2.44. The molecule has 21 heavy (non-hydrogen) atoms. The van der Waals surface area contributed by atoms with Gasteiger partial charge in [-0.1, -0.05) is 25.3 Å². The number of hydrogen-bond acceptors (Lipinski definition) is 1. The molecule has 4 heteroatoms. The van der Waals surface area contributed by atoms with Gasteiger partial charge in [-0.2, -0.15) is 0 Å². The number of hydrogen-bond donors (Lipinski definition) is 0. The Morgan fingerprint density at radius 1 is 1.00 bits per heavy atom. The SMILES string of the molecule is O=C(c1cccc(F)c1F)N1CCC2(CCCCC2)CC1. The number of carbonyl (C=O) groups is 1. The van der Waals surface area contributed by atoms with Gasteiger partial charge in [0.15, 0.2) is 11.6 Å². The third-order valence-electron chi connectivity index (χ3n) is 5.21. The highest BCUT2D eigenvalue weighted by atomic mass is 19.2. The molecular weight excluding hydrogens is 272 g/mol. The van der Waals surface area contributed by atoms with Crippen molar-refractivity contribution in [3.8, 4) is 0 Å². The molecule has 0 atom stereocenters. The summed E-state index contributed by atoms with van der Waals surface area (Å²) in [5.41, 5.74) is 0.254. The highest BCUT2D eigenvalue weighted by molar-refractivity contribution is 5.94. The van der Waals surface area contributed by atoms with E-state index in [1.54, 1.807) is 4.90 Å². The molecule has 1 aromatic rings. The number of benzene rings is 1. The molecule has 0 aromatic heterocycles. The zero-order chi connectivity index (χ0) is 14.9. The summed E-state index contributed by atoms with van der Waals surface area (Å²) in [4.78, 5) is 14.0. The van der Waals surface area contributed by atoms with E-state index in [1.165, 1.54) is 44.2 Å². The lowest BCUT2D eigenvalue weighted by atomic mass is 9.68. The van der Waals surface area contributed by atoms with E-state index in [-0.39, 0.29) is 11.5 Å². The smallest absolute Gasteiger partial charge is 0.256 e. The molecule has 0 unspecified atom stereocenters.